The number of carbonyl (C=O) groups excluding carboxylic acids is 1. The summed E-state index contributed by atoms with van der Waals surface area (Å²) in [4.78, 5) is 12.8. The second-order valence-corrected chi connectivity index (χ2v) is 7.10. The molecule has 2 heterocycles. The molecule has 9 heteroatoms. The molecule has 0 saturated carbocycles. The summed E-state index contributed by atoms with van der Waals surface area (Å²) in [5, 5.41) is 20.1. The Kier molecular flexibility index (Phi) is 6.27. The zero-order valence-electron chi connectivity index (χ0n) is 17.5. The fraction of sp³-hybridized carbons (Fsp3) is 0.0500. The number of benzene rings is 3. The van der Waals surface area contributed by atoms with Crippen molar-refractivity contribution in [2.75, 3.05) is 0 Å². The van der Waals surface area contributed by atoms with Gasteiger partial charge in [-0.1, -0.05) is 29.3 Å². The van der Waals surface area contributed by atoms with E-state index in [1.165, 1.54) is 24.3 Å². The largest absolute Gasteiger partial charge is 1.00 e. The molecule has 138 valence electrons. The number of ether oxygens (including phenoxy) is 2. The predicted octanol–water partition coefficient (Wildman–Crippen LogP) is -0.794. The number of rotatable bonds is 0. The van der Waals surface area contributed by atoms with Gasteiger partial charge in [-0.25, -0.2) is 4.79 Å². The van der Waals surface area contributed by atoms with Gasteiger partial charge in [0, 0.05) is 28.8 Å². The fourth-order valence-electron chi connectivity index (χ4n) is 3.72. The van der Waals surface area contributed by atoms with Crippen LogP contribution in [0, 0.1) is 0 Å². The minimum absolute atomic E-state index is 0. The van der Waals surface area contributed by atoms with Gasteiger partial charge < -0.3 is 22.5 Å². The van der Waals surface area contributed by atoms with E-state index in [1.807, 2.05) is 0 Å². The van der Waals surface area contributed by atoms with Crippen molar-refractivity contribution >= 4 is 29.2 Å². The van der Waals surface area contributed by atoms with Crippen LogP contribution in [0.25, 0.3) is 0 Å². The van der Waals surface area contributed by atoms with Gasteiger partial charge in [0.05, 0.1) is 15.6 Å². The van der Waals surface area contributed by atoms with Crippen LogP contribution < -0.4 is 63.9 Å². The topological polar surface area (TPSA) is 76.0 Å². The Morgan fingerprint density at radius 2 is 1.34 bits per heavy atom. The van der Waals surface area contributed by atoms with Gasteiger partial charge in [-0.2, -0.15) is 0 Å². The van der Waals surface area contributed by atoms with Crippen LogP contribution >= 0.6 is 23.2 Å². The van der Waals surface area contributed by atoms with Crippen LogP contribution in [-0.2, 0) is 10.3 Å². The molecule has 0 fully saturated rings. The van der Waals surface area contributed by atoms with Crippen LogP contribution in [0.5, 0.6) is 23.0 Å². The minimum atomic E-state index is -1.33. The summed E-state index contributed by atoms with van der Waals surface area (Å²) in [6.07, 6.45) is 0. The van der Waals surface area contributed by atoms with Gasteiger partial charge >= 0.3 is 65.1 Å². The van der Waals surface area contributed by atoms with Crippen molar-refractivity contribution < 1.29 is 86.4 Å². The van der Waals surface area contributed by atoms with E-state index in [1.54, 1.807) is 24.3 Å². The second kappa shape index (κ2) is 7.98. The fourth-order valence-corrected chi connectivity index (χ4v) is 4.12. The third-order valence-electron chi connectivity index (χ3n) is 4.83. The average Bonchev–Trinajstić information content (AvgIpc) is 2.91. The summed E-state index contributed by atoms with van der Waals surface area (Å²) in [6.45, 7) is 0. The van der Waals surface area contributed by atoms with E-state index < -0.39 is 11.6 Å². The van der Waals surface area contributed by atoms with E-state index in [0.29, 0.717) is 28.2 Å². The number of aromatic hydroxyl groups is 2. The molecular formula is C20H12Cl2Na2O5. The van der Waals surface area contributed by atoms with Gasteiger partial charge in [-0.15, -0.1) is 0 Å². The summed E-state index contributed by atoms with van der Waals surface area (Å²) in [5.74, 6) is -0.0190. The van der Waals surface area contributed by atoms with Gasteiger partial charge in [0.1, 0.15) is 23.0 Å². The van der Waals surface area contributed by atoms with Crippen LogP contribution in [0.4, 0.5) is 0 Å². The van der Waals surface area contributed by atoms with E-state index in [2.05, 4.69) is 0 Å². The number of esters is 1. The van der Waals surface area contributed by atoms with Crippen molar-refractivity contribution in [2.45, 2.75) is 5.60 Å². The summed E-state index contributed by atoms with van der Waals surface area (Å²) >= 11 is 12.4. The Bertz CT molecular complexity index is 1130. The maximum atomic E-state index is 12.8. The first-order chi connectivity index (χ1) is 12.9. The molecule has 5 rings (SSSR count). The standard InChI is InChI=1S/C20H10Cl2O5.2Na.2H/c21-14-6-5-13-17(18(14)22)19(25)27-20(13)11-3-1-9(23)7-15(11)26-16-8-10(24)2-4-12(16)20;;;;/h1-8,23-24H;;;;/q;2*+1;2*-1. The van der Waals surface area contributed by atoms with Crippen molar-refractivity contribution in [3.05, 3.63) is 80.8 Å². The Morgan fingerprint density at radius 1 is 0.828 bits per heavy atom. The molecule has 0 aromatic heterocycles. The maximum absolute atomic E-state index is 12.8. The van der Waals surface area contributed by atoms with E-state index in [-0.39, 0.29) is 89.1 Å². The number of hydrogen-bond donors (Lipinski definition) is 2. The Hall–Kier alpha value is -0.890. The number of hydrogen-bond acceptors (Lipinski definition) is 5. The molecule has 1 spiro atoms. The summed E-state index contributed by atoms with van der Waals surface area (Å²) in [7, 11) is 0. The second-order valence-electron chi connectivity index (χ2n) is 6.32. The van der Waals surface area contributed by atoms with E-state index >= 15 is 0 Å². The zero-order valence-corrected chi connectivity index (χ0v) is 21.0. The van der Waals surface area contributed by atoms with Crippen molar-refractivity contribution in [1.82, 2.24) is 0 Å². The zero-order chi connectivity index (χ0) is 18.9. The first-order valence-electron chi connectivity index (χ1n) is 7.98. The molecule has 2 aliphatic rings. The van der Waals surface area contributed by atoms with Gasteiger partial charge in [0.2, 0.25) is 0 Å². The third-order valence-corrected chi connectivity index (χ3v) is 5.64. The molecule has 2 N–H and O–H groups in total. The third kappa shape index (κ3) is 3.20. The molecule has 0 bridgehead atoms. The number of phenols is 2. The first kappa shape index (κ1) is 22.8. The van der Waals surface area contributed by atoms with Crippen LogP contribution in [0.2, 0.25) is 10.0 Å². The van der Waals surface area contributed by atoms with Crippen molar-refractivity contribution in [1.29, 1.82) is 0 Å². The molecule has 0 atom stereocenters. The van der Waals surface area contributed by atoms with Crippen molar-refractivity contribution in [3.8, 4) is 23.0 Å². The van der Waals surface area contributed by atoms with E-state index in [4.69, 9.17) is 32.7 Å². The molecule has 3 aromatic rings. The van der Waals surface area contributed by atoms with E-state index in [0.717, 1.165) is 0 Å². The number of fused-ring (bicyclic) bond motifs is 6. The molecule has 2 aliphatic heterocycles. The monoisotopic (exact) mass is 448 g/mol. The van der Waals surface area contributed by atoms with Crippen LogP contribution in [0.1, 0.15) is 29.9 Å². The van der Waals surface area contributed by atoms with Gasteiger partial charge in [-0.05, 0) is 30.3 Å². The maximum Gasteiger partial charge on any atom is 1.00 e. The number of halogens is 2. The van der Waals surface area contributed by atoms with E-state index in [9.17, 15) is 15.0 Å². The minimum Gasteiger partial charge on any atom is -1.00 e. The quantitative estimate of drug-likeness (QED) is 0.348. The summed E-state index contributed by atoms with van der Waals surface area (Å²) < 4.78 is 11.8. The molecule has 0 aliphatic carbocycles. The van der Waals surface area contributed by atoms with Crippen LogP contribution in [-0.4, -0.2) is 16.2 Å². The Morgan fingerprint density at radius 3 is 1.90 bits per heavy atom. The molecule has 3 aromatic carbocycles. The predicted molar refractivity (Wildman–Crippen MR) is 100 cm³/mol. The molecule has 0 radical (unpaired) electrons. The van der Waals surface area contributed by atoms with Crippen molar-refractivity contribution in [3.63, 3.8) is 0 Å². The van der Waals surface area contributed by atoms with Gasteiger partial charge in [0.15, 0.2) is 5.60 Å². The average molecular weight is 449 g/mol. The Balaban J connectivity index is 0.00000120. The molecule has 0 unspecified atom stereocenters. The summed E-state index contributed by atoms with van der Waals surface area (Å²) in [5.41, 5.74) is 0.437. The molecule has 29 heavy (non-hydrogen) atoms. The number of phenolic OH excluding ortho intramolecular Hbond substituents is 2. The normalized spacial score (nSPS) is 14.5. The molecule has 0 saturated heterocycles. The van der Waals surface area contributed by atoms with Crippen molar-refractivity contribution in [2.24, 2.45) is 0 Å². The van der Waals surface area contributed by atoms with Crippen LogP contribution in [0.15, 0.2) is 48.5 Å². The molecule has 0 amide bonds. The smallest absolute Gasteiger partial charge is 1.00 e. The molecular weight excluding hydrogens is 437 g/mol. The van der Waals surface area contributed by atoms with Crippen LogP contribution in [0.3, 0.4) is 0 Å². The SMILES string of the molecule is O=C1OC2(c3ccc(O)cc3Oc3cc(O)ccc32)c2ccc(Cl)c(Cl)c21.[H-].[H-].[Na+].[Na+]. The summed E-state index contributed by atoms with van der Waals surface area (Å²) in [6, 6.07) is 12.4. The first-order valence-corrected chi connectivity index (χ1v) is 8.74. The van der Waals surface area contributed by atoms with Gasteiger partial charge in [0.25, 0.3) is 0 Å². The number of carbonyl (C=O) groups is 1. The Labute approximate surface area is 223 Å². The van der Waals surface area contributed by atoms with Gasteiger partial charge in [-0.3, -0.25) is 0 Å². The molecule has 5 nitrogen and oxygen atoms in total.